The molecule has 0 aliphatic rings. The van der Waals surface area contributed by atoms with Crippen LogP contribution in [-0.4, -0.2) is 23.2 Å². The molecule has 0 saturated carbocycles. The van der Waals surface area contributed by atoms with Crippen LogP contribution in [0, 0.1) is 0 Å². The van der Waals surface area contributed by atoms with Crippen molar-refractivity contribution in [3.8, 4) is 5.75 Å². The van der Waals surface area contributed by atoms with E-state index in [9.17, 15) is 4.79 Å². The SMILES string of the molecule is COc1cc2c(cnn2C)cc1C=O. The molecule has 14 heavy (non-hydrogen) atoms. The summed E-state index contributed by atoms with van der Waals surface area (Å²) in [6.45, 7) is 0. The Morgan fingerprint density at radius 2 is 2.29 bits per heavy atom. The molecule has 0 atom stereocenters. The first-order valence-electron chi connectivity index (χ1n) is 4.21. The second-order valence-electron chi connectivity index (χ2n) is 3.04. The molecule has 72 valence electrons. The van der Waals surface area contributed by atoms with Gasteiger partial charge < -0.3 is 4.74 Å². The molecule has 2 aromatic rings. The lowest BCUT2D eigenvalue weighted by atomic mass is 10.1. The minimum Gasteiger partial charge on any atom is -0.496 e. The molecule has 1 aromatic heterocycles. The number of aryl methyl sites for hydroxylation is 1. The standard InChI is InChI=1S/C10H10N2O2/c1-12-9-4-10(14-2)8(6-13)3-7(9)5-11-12/h3-6H,1-2H3. The first-order valence-corrected chi connectivity index (χ1v) is 4.21. The largest absolute Gasteiger partial charge is 0.496 e. The number of rotatable bonds is 2. The van der Waals surface area contributed by atoms with Gasteiger partial charge in [-0.05, 0) is 6.07 Å². The molecule has 0 spiro atoms. The Labute approximate surface area is 81.1 Å². The van der Waals surface area contributed by atoms with Crippen LogP contribution in [0.2, 0.25) is 0 Å². The van der Waals surface area contributed by atoms with Crippen LogP contribution in [0.3, 0.4) is 0 Å². The van der Waals surface area contributed by atoms with Gasteiger partial charge >= 0.3 is 0 Å². The van der Waals surface area contributed by atoms with Crippen LogP contribution in [0.25, 0.3) is 10.9 Å². The number of hydrogen-bond acceptors (Lipinski definition) is 3. The van der Waals surface area contributed by atoms with Gasteiger partial charge in [-0.25, -0.2) is 0 Å². The summed E-state index contributed by atoms with van der Waals surface area (Å²) in [5, 5.41) is 5.03. The van der Waals surface area contributed by atoms with E-state index in [0.29, 0.717) is 11.3 Å². The average Bonchev–Trinajstić information content (AvgIpc) is 2.58. The molecule has 0 amide bonds. The summed E-state index contributed by atoms with van der Waals surface area (Å²) >= 11 is 0. The zero-order valence-electron chi connectivity index (χ0n) is 8.02. The van der Waals surface area contributed by atoms with E-state index < -0.39 is 0 Å². The lowest BCUT2D eigenvalue weighted by molar-refractivity contribution is 0.112. The van der Waals surface area contributed by atoms with Gasteiger partial charge in [0.1, 0.15) is 5.75 Å². The molecule has 4 heteroatoms. The number of benzene rings is 1. The smallest absolute Gasteiger partial charge is 0.153 e. The van der Waals surface area contributed by atoms with Gasteiger partial charge in [0, 0.05) is 18.5 Å². The van der Waals surface area contributed by atoms with Gasteiger partial charge in [-0.3, -0.25) is 9.48 Å². The fourth-order valence-corrected chi connectivity index (χ4v) is 1.47. The van der Waals surface area contributed by atoms with Gasteiger partial charge in [0.05, 0.1) is 24.4 Å². The van der Waals surface area contributed by atoms with Gasteiger partial charge in [0.25, 0.3) is 0 Å². The van der Waals surface area contributed by atoms with E-state index in [1.807, 2.05) is 13.1 Å². The summed E-state index contributed by atoms with van der Waals surface area (Å²) in [6, 6.07) is 3.58. The van der Waals surface area contributed by atoms with Crippen molar-refractivity contribution in [3.05, 3.63) is 23.9 Å². The number of hydrogen-bond donors (Lipinski definition) is 0. The van der Waals surface area contributed by atoms with E-state index in [2.05, 4.69) is 5.10 Å². The highest BCUT2D eigenvalue weighted by Gasteiger charge is 2.07. The number of aldehydes is 1. The van der Waals surface area contributed by atoms with Gasteiger partial charge in [-0.1, -0.05) is 0 Å². The number of carbonyl (C=O) groups is 1. The van der Waals surface area contributed by atoms with E-state index in [1.165, 1.54) is 0 Å². The second kappa shape index (κ2) is 3.14. The molecule has 0 radical (unpaired) electrons. The van der Waals surface area contributed by atoms with Crippen LogP contribution in [0.4, 0.5) is 0 Å². The van der Waals surface area contributed by atoms with Crippen LogP contribution in [-0.2, 0) is 7.05 Å². The van der Waals surface area contributed by atoms with Crippen molar-refractivity contribution >= 4 is 17.2 Å². The third-order valence-corrected chi connectivity index (χ3v) is 2.22. The van der Waals surface area contributed by atoms with Crippen LogP contribution in [0.15, 0.2) is 18.3 Å². The fraction of sp³-hybridized carbons (Fsp3) is 0.200. The van der Waals surface area contributed by atoms with Crippen molar-refractivity contribution in [2.45, 2.75) is 0 Å². The van der Waals surface area contributed by atoms with Crippen molar-refractivity contribution < 1.29 is 9.53 Å². The van der Waals surface area contributed by atoms with Crippen LogP contribution < -0.4 is 4.74 Å². The summed E-state index contributed by atoms with van der Waals surface area (Å²) in [7, 11) is 3.40. The number of carbonyl (C=O) groups excluding carboxylic acids is 1. The number of ether oxygens (including phenoxy) is 1. The number of fused-ring (bicyclic) bond motifs is 1. The molecule has 1 heterocycles. The topological polar surface area (TPSA) is 44.1 Å². The highest BCUT2D eigenvalue weighted by molar-refractivity contribution is 5.90. The van der Waals surface area contributed by atoms with Crippen molar-refractivity contribution in [1.82, 2.24) is 9.78 Å². The summed E-state index contributed by atoms with van der Waals surface area (Å²) in [6.07, 6.45) is 2.51. The van der Waals surface area contributed by atoms with Crippen molar-refractivity contribution in [2.24, 2.45) is 7.05 Å². The van der Waals surface area contributed by atoms with E-state index >= 15 is 0 Å². The molecule has 0 aliphatic heterocycles. The molecule has 0 fully saturated rings. The third kappa shape index (κ3) is 1.16. The van der Waals surface area contributed by atoms with Gasteiger partial charge in [-0.15, -0.1) is 0 Å². The maximum absolute atomic E-state index is 10.7. The minimum atomic E-state index is 0.549. The molecule has 0 aliphatic carbocycles. The summed E-state index contributed by atoms with van der Waals surface area (Å²) in [5.74, 6) is 0.580. The lowest BCUT2D eigenvalue weighted by Crippen LogP contribution is -1.93. The normalized spacial score (nSPS) is 10.4. The minimum absolute atomic E-state index is 0.549. The zero-order chi connectivity index (χ0) is 10.1. The van der Waals surface area contributed by atoms with Crippen LogP contribution in [0.1, 0.15) is 10.4 Å². The molecular formula is C10H10N2O2. The first kappa shape index (κ1) is 8.74. The van der Waals surface area contributed by atoms with E-state index in [-0.39, 0.29) is 0 Å². The Morgan fingerprint density at radius 1 is 1.50 bits per heavy atom. The second-order valence-corrected chi connectivity index (χ2v) is 3.04. The zero-order valence-corrected chi connectivity index (χ0v) is 8.02. The van der Waals surface area contributed by atoms with Crippen LogP contribution in [0.5, 0.6) is 5.75 Å². The van der Waals surface area contributed by atoms with Crippen molar-refractivity contribution in [2.75, 3.05) is 7.11 Å². The molecule has 0 saturated heterocycles. The molecule has 0 bridgehead atoms. The molecule has 4 nitrogen and oxygen atoms in total. The molecule has 0 unspecified atom stereocenters. The lowest BCUT2D eigenvalue weighted by Gasteiger charge is -2.03. The molecular weight excluding hydrogens is 180 g/mol. The molecule has 1 aromatic carbocycles. The molecule has 2 rings (SSSR count). The summed E-state index contributed by atoms with van der Waals surface area (Å²) < 4.78 is 6.84. The molecule has 0 N–H and O–H groups in total. The third-order valence-electron chi connectivity index (χ3n) is 2.22. The predicted octanol–water partition coefficient (Wildman–Crippen LogP) is 1.39. The summed E-state index contributed by atoms with van der Waals surface area (Å²) in [5.41, 5.74) is 1.50. The van der Waals surface area contributed by atoms with Crippen LogP contribution >= 0.6 is 0 Å². The van der Waals surface area contributed by atoms with E-state index in [4.69, 9.17) is 4.74 Å². The Balaban J connectivity index is 2.77. The highest BCUT2D eigenvalue weighted by Crippen LogP contribution is 2.23. The Kier molecular flexibility index (Phi) is 1.96. The van der Waals surface area contributed by atoms with Gasteiger partial charge in [0.2, 0.25) is 0 Å². The fourth-order valence-electron chi connectivity index (χ4n) is 1.47. The summed E-state index contributed by atoms with van der Waals surface area (Å²) in [4.78, 5) is 10.7. The monoisotopic (exact) mass is 190 g/mol. The average molecular weight is 190 g/mol. The van der Waals surface area contributed by atoms with Crippen molar-refractivity contribution in [3.63, 3.8) is 0 Å². The maximum Gasteiger partial charge on any atom is 0.153 e. The Bertz CT molecular complexity index is 488. The maximum atomic E-state index is 10.7. The van der Waals surface area contributed by atoms with Gasteiger partial charge in [0.15, 0.2) is 6.29 Å². The first-order chi connectivity index (χ1) is 6.76. The number of methoxy groups -OCH3 is 1. The van der Waals surface area contributed by atoms with Crippen molar-refractivity contribution in [1.29, 1.82) is 0 Å². The highest BCUT2D eigenvalue weighted by atomic mass is 16.5. The quantitative estimate of drug-likeness (QED) is 0.672. The van der Waals surface area contributed by atoms with E-state index in [0.717, 1.165) is 17.2 Å². The van der Waals surface area contributed by atoms with E-state index in [1.54, 1.807) is 24.1 Å². The number of nitrogens with zero attached hydrogens (tertiary/aromatic N) is 2. The Morgan fingerprint density at radius 3 is 2.93 bits per heavy atom. The van der Waals surface area contributed by atoms with Gasteiger partial charge in [-0.2, -0.15) is 5.10 Å². The Hall–Kier alpha value is -1.84. The number of aromatic nitrogens is 2. The predicted molar refractivity (Wildman–Crippen MR) is 52.7 cm³/mol.